The van der Waals surface area contributed by atoms with Gasteiger partial charge >= 0.3 is 0 Å². The van der Waals surface area contributed by atoms with Crippen molar-refractivity contribution in [3.8, 4) is 23.7 Å². The van der Waals surface area contributed by atoms with E-state index in [2.05, 4.69) is 116 Å². The van der Waals surface area contributed by atoms with Crippen molar-refractivity contribution < 1.29 is 19.1 Å². The second kappa shape index (κ2) is 13.1. The fraction of sp³-hybridized carbons (Fsp3) is 0.476. The standard InChI is InChI=1S/C42H54O4Si2/c1-39(2,3)47(7,8)45-25-17-15-23-41(43)35-27-31-19-11-13-21-33(31)29-37(35)42(44,24-16-18-26-46-48(9,10)40(4,5)6)38-30-34-22-14-12-20-32(34)28-36(38)41/h11-14,19-22,27-30,35,37,43-44H,17-18,25-26H2,1-10H3. The van der Waals surface area contributed by atoms with E-state index in [9.17, 15) is 10.2 Å². The van der Waals surface area contributed by atoms with Crippen molar-refractivity contribution >= 4 is 39.6 Å². The van der Waals surface area contributed by atoms with Gasteiger partial charge in [-0.25, -0.2) is 0 Å². The molecule has 6 heteroatoms. The third-order valence-corrected chi connectivity index (χ3v) is 20.4. The summed E-state index contributed by atoms with van der Waals surface area (Å²) in [5, 5.41) is 29.9. The van der Waals surface area contributed by atoms with Gasteiger partial charge in [0.2, 0.25) is 0 Å². The highest BCUT2D eigenvalue weighted by Crippen LogP contribution is 2.53. The van der Waals surface area contributed by atoms with Gasteiger partial charge in [-0.15, -0.1) is 0 Å². The molecule has 0 bridgehead atoms. The van der Waals surface area contributed by atoms with E-state index >= 15 is 0 Å². The van der Waals surface area contributed by atoms with Crippen molar-refractivity contribution in [1.82, 2.24) is 0 Å². The van der Waals surface area contributed by atoms with Crippen LogP contribution in [0.3, 0.4) is 0 Å². The summed E-state index contributed by atoms with van der Waals surface area (Å²) in [6.45, 7) is 23.4. The molecule has 0 aliphatic heterocycles. The van der Waals surface area contributed by atoms with E-state index in [0.717, 1.165) is 21.2 Å². The van der Waals surface area contributed by atoms with Gasteiger partial charge in [0.05, 0.1) is 0 Å². The largest absolute Gasteiger partial charge is 0.416 e. The van der Waals surface area contributed by atoms with Crippen molar-refractivity contribution in [1.29, 1.82) is 0 Å². The van der Waals surface area contributed by atoms with Crippen LogP contribution in [0.15, 0.2) is 60.7 Å². The lowest BCUT2D eigenvalue weighted by Crippen LogP contribution is -2.54. The first-order valence-corrected chi connectivity index (χ1v) is 23.2. The smallest absolute Gasteiger partial charge is 0.192 e. The average Bonchev–Trinajstić information content (AvgIpc) is 3.01. The molecule has 3 aromatic carbocycles. The highest BCUT2D eigenvalue weighted by molar-refractivity contribution is 6.74. The van der Waals surface area contributed by atoms with Gasteiger partial charge in [0, 0.05) is 49.0 Å². The van der Waals surface area contributed by atoms with Gasteiger partial charge in [-0.05, 0) is 69.6 Å². The van der Waals surface area contributed by atoms with Crippen LogP contribution in [0.1, 0.15) is 65.5 Å². The summed E-state index contributed by atoms with van der Waals surface area (Å²) in [4.78, 5) is 0. The minimum atomic E-state index is -1.92. The fourth-order valence-electron chi connectivity index (χ4n) is 6.24. The van der Waals surface area contributed by atoms with Gasteiger partial charge in [-0.2, -0.15) is 0 Å². The SMILES string of the molecule is CC(C)(C)[Si](C)(C)OCCC#CC1(O)c2cc3ccccc3cc2C(O)(C#CCCO[Si](C)(C)C(C)(C)C)C2C=c3ccccc3=CC21. The molecule has 4 unspecified atom stereocenters. The summed E-state index contributed by atoms with van der Waals surface area (Å²) < 4.78 is 12.8. The Morgan fingerprint density at radius 2 is 0.979 bits per heavy atom. The third-order valence-electron chi connectivity index (χ3n) is 11.3. The van der Waals surface area contributed by atoms with E-state index < -0.39 is 39.7 Å². The Balaban J connectivity index is 1.61. The topological polar surface area (TPSA) is 58.9 Å². The molecule has 0 saturated heterocycles. The van der Waals surface area contributed by atoms with Crippen LogP contribution in [-0.2, 0) is 20.1 Å². The third kappa shape index (κ3) is 6.90. The molecule has 254 valence electrons. The number of fused-ring (bicyclic) bond motifs is 4. The van der Waals surface area contributed by atoms with Gasteiger partial charge in [-0.1, -0.05) is 126 Å². The van der Waals surface area contributed by atoms with E-state index in [1.165, 1.54) is 0 Å². The molecule has 2 aliphatic carbocycles. The average molecular weight is 679 g/mol. The Hall–Kier alpha value is -2.95. The summed E-state index contributed by atoms with van der Waals surface area (Å²) in [5.74, 6) is 12.2. The Bertz CT molecular complexity index is 1790. The van der Waals surface area contributed by atoms with E-state index in [-0.39, 0.29) is 10.1 Å². The maximum Gasteiger partial charge on any atom is 0.192 e. The second-order valence-corrected chi connectivity index (χ2v) is 26.2. The number of benzene rings is 3. The van der Waals surface area contributed by atoms with Crippen LogP contribution in [0.5, 0.6) is 0 Å². The van der Waals surface area contributed by atoms with Gasteiger partial charge in [0.15, 0.2) is 27.8 Å². The molecular formula is C42H54O4Si2. The lowest BCUT2D eigenvalue weighted by molar-refractivity contribution is -0.0427. The van der Waals surface area contributed by atoms with Crippen LogP contribution < -0.4 is 10.4 Å². The lowest BCUT2D eigenvalue weighted by Gasteiger charge is -2.48. The summed E-state index contributed by atoms with van der Waals surface area (Å²) in [7, 11) is -3.85. The van der Waals surface area contributed by atoms with Gasteiger partial charge < -0.3 is 19.1 Å². The zero-order valence-electron chi connectivity index (χ0n) is 30.6. The first kappa shape index (κ1) is 36.3. The van der Waals surface area contributed by atoms with Crippen LogP contribution in [0.2, 0.25) is 36.3 Å². The molecule has 0 heterocycles. The molecular weight excluding hydrogens is 625 g/mol. The van der Waals surface area contributed by atoms with Crippen LogP contribution in [-0.4, -0.2) is 40.1 Å². The van der Waals surface area contributed by atoms with Crippen LogP contribution >= 0.6 is 0 Å². The Kier molecular flexibility index (Phi) is 9.89. The maximum absolute atomic E-state index is 12.9. The minimum Gasteiger partial charge on any atom is -0.416 e. The first-order chi connectivity index (χ1) is 22.3. The summed E-state index contributed by atoms with van der Waals surface area (Å²) in [6, 6.07) is 20.2. The van der Waals surface area contributed by atoms with Crippen LogP contribution in [0.4, 0.5) is 0 Å². The Morgan fingerprint density at radius 1 is 0.625 bits per heavy atom. The molecule has 0 saturated carbocycles. The number of rotatable bonds is 6. The van der Waals surface area contributed by atoms with Crippen molar-refractivity contribution in [2.75, 3.05) is 13.2 Å². The molecule has 0 fully saturated rings. The minimum absolute atomic E-state index is 0.109. The molecule has 0 radical (unpaired) electrons. The molecule has 0 spiro atoms. The maximum atomic E-state index is 12.9. The molecule has 5 rings (SSSR count). The van der Waals surface area contributed by atoms with Crippen LogP contribution in [0, 0.1) is 35.5 Å². The molecule has 2 aliphatic rings. The zero-order chi connectivity index (χ0) is 35.2. The molecule has 48 heavy (non-hydrogen) atoms. The van der Waals surface area contributed by atoms with Crippen molar-refractivity contribution in [2.24, 2.45) is 11.8 Å². The molecule has 4 nitrogen and oxygen atoms in total. The van der Waals surface area contributed by atoms with Crippen LogP contribution in [0.25, 0.3) is 22.9 Å². The lowest BCUT2D eigenvalue weighted by atomic mass is 9.58. The number of hydrogen-bond acceptors (Lipinski definition) is 4. The zero-order valence-corrected chi connectivity index (χ0v) is 32.6. The predicted molar refractivity (Wildman–Crippen MR) is 204 cm³/mol. The molecule has 3 aromatic rings. The Morgan fingerprint density at radius 3 is 1.33 bits per heavy atom. The molecule has 0 aromatic heterocycles. The first-order valence-electron chi connectivity index (χ1n) is 17.4. The number of aliphatic hydroxyl groups is 2. The fourth-order valence-corrected chi connectivity index (χ4v) is 8.33. The summed E-state index contributed by atoms with van der Waals surface area (Å²) in [6.07, 6.45) is 5.19. The Labute approximate surface area is 290 Å². The van der Waals surface area contributed by atoms with Gasteiger partial charge in [0.1, 0.15) is 0 Å². The highest BCUT2D eigenvalue weighted by Gasteiger charge is 2.56. The van der Waals surface area contributed by atoms with E-state index in [1.807, 2.05) is 48.5 Å². The predicted octanol–water partition coefficient (Wildman–Crippen LogP) is 7.57. The van der Waals surface area contributed by atoms with Crippen molar-refractivity contribution in [2.45, 2.75) is 102 Å². The van der Waals surface area contributed by atoms with Gasteiger partial charge in [-0.3, -0.25) is 0 Å². The van der Waals surface area contributed by atoms with E-state index in [1.54, 1.807) is 0 Å². The summed E-state index contributed by atoms with van der Waals surface area (Å²) in [5.41, 5.74) is -1.88. The molecule has 4 atom stereocenters. The summed E-state index contributed by atoms with van der Waals surface area (Å²) >= 11 is 0. The quantitative estimate of drug-likeness (QED) is 0.161. The normalized spacial score (nSPS) is 23.7. The van der Waals surface area contributed by atoms with Crippen molar-refractivity contribution in [3.63, 3.8) is 0 Å². The van der Waals surface area contributed by atoms with Gasteiger partial charge in [0.25, 0.3) is 0 Å². The highest BCUT2D eigenvalue weighted by atomic mass is 28.4. The van der Waals surface area contributed by atoms with E-state index in [4.69, 9.17) is 8.85 Å². The monoisotopic (exact) mass is 678 g/mol. The number of hydrogen-bond donors (Lipinski definition) is 2. The molecule has 2 N–H and O–H groups in total. The molecule has 0 amide bonds. The van der Waals surface area contributed by atoms with Crippen molar-refractivity contribution in [3.05, 3.63) is 82.2 Å². The van der Waals surface area contributed by atoms with E-state index in [0.29, 0.717) is 37.2 Å². The second-order valence-electron chi connectivity index (χ2n) is 16.6.